The molecule has 0 aromatic heterocycles. The summed E-state index contributed by atoms with van der Waals surface area (Å²) >= 11 is 0. The average Bonchev–Trinajstić information content (AvgIpc) is 3.17. The molecule has 0 N–H and O–H groups in total. The molecule has 1 fully saturated rings. The molecule has 4 rings (SSSR count). The first-order chi connectivity index (χ1) is 14.0. The summed E-state index contributed by atoms with van der Waals surface area (Å²) < 4.78 is 0. The highest BCUT2D eigenvalue weighted by atomic mass is 16.2. The summed E-state index contributed by atoms with van der Waals surface area (Å²) in [5.41, 5.74) is 5.74. The van der Waals surface area contributed by atoms with Crippen LogP contribution in [0.1, 0.15) is 54.5 Å². The predicted molar refractivity (Wildman–Crippen MR) is 118 cm³/mol. The number of carbonyl (C=O) groups excluding carboxylic acids is 1. The van der Waals surface area contributed by atoms with Crippen molar-refractivity contribution in [3.05, 3.63) is 70.8 Å². The largest absolute Gasteiger partial charge is 0.294 e. The van der Waals surface area contributed by atoms with E-state index in [1.165, 1.54) is 29.5 Å². The monoisotopic (exact) mass is 389 g/mol. The van der Waals surface area contributed by atoms with Crippen LogP contribution >= 0.6 is 0 Å². The lowest BCUT2D eigenvalue weighted by molar-refractivity contribution is -0.134. The molecule has 0 bridgehead atoms. The molecule has 2 aliphatic rings. The number of benzene rings is 2. The summed E-state index contributed by atoms with van der Waals surface area (Å²) in [6.45, 7) is 9.00. The van der Waals surface area contributed by atoms with Gasteiger partial charge in [0.05, 0.1) is 18.3 Å². The van der Waals surface area contributed by atoms with Crippen LogP contribution in [-0.2, 0) is 4.79 Å². The van der Waals surface area contributed by atoms with Crippen molar-refractivity contribution in [2.45, 2.75) is 46.1 Å². The SMILES string of the molecule is Cc1ccc(C)c(C2CC(c3ccccc3)=NN2C(=O)CN2CCC(C)CC2)c1. The van der Waals surface area contributed by atoms with Crippen molar-refractivity contribution in [3.63, 3.8) is 0 Å². The molecule has 0 aliphatic carbocycles. The van der Waals surface area contributed by atoms with Crippen molar-refractivity contribution in [2.24, 2.45) is 11.0 Å². The Bertz CT molecular complexity index is 898. The van der Waals surface area contributed by atoms with E-state index >= 15 is 0 Å². The maximum absolute atomic E-state index is 13.3. The van der Waals surface area contributed by atoms with Crippen molar-refractivity contribution in [1.82, 2.24) is 9.91 Å². The van der Waals surface area contributed by atoms with E-state index in [0.717, 1.165) is 36.7 Å². The molecule has 0 spiro atoms. The van der Waals surface area contributed by atoms with Crippen LogP contribution in [-0.4, -0.2) is 41.2 Å². The molecule has 2 aliphatic heterocycles. The molecule has 1 saturated heterocycles. The second-order valence-corrected chi connectivity index (χ2v) is 8.69. The van der Waals surface area contributed by atoms with Crippen LogP contribution in [0.25, 0.3) is 0 Å². The van der Waals surface area contributed by atoms with E-state index in [1.807, 2.05) is 18.2 Å². The van der Waals surface area contributed by atoms with Gasteiger partial charge in [-0.3, -0.25) is 9.69 Å². The van der Waals surface area contributed by atoms with Gasteiger partial charge in [0, 0.05) is 6.42 Å². The fourth-order valence-corrected chi connectivity index (χ4v) is 4.39. The number of carbonyl (C=O) groups is 1. The van der Waals surface area contributed by atoms with Gasteiger partial charge in [-0.2, -0.15) is 5.10 Å². The predicted octanol–water partition coefficient (Wildman–Crippen LogP) is 4.71. The fraction of sp³-hybridized carbons (Fsp3) is 0.440. The third-order valence-electron chi connectivity index (χ3n) is 6.30. The molecule has 2 heterocycles. The first kappa shape index (κ1) is 19.8. The van der Waals surface area contributed by atoms with Gasteiger partial charge in [0.2, 0.25) is 0 Å². The Labute approximate surface area is 174 Å². The number of hydrazone groups is 1. The summed E-state index contributed by atoms with van der Waals surface area (Å²) in [4.78, 5) is 15.6. The van der Waals surface area contributed by atoms with Gasteiger partial charge in [0.25, 0.3) is 5.91 Å². The van der Waals surface area contributed by atoms with E-state index < -0.39 is 0 Å². The van der Waals surface area contributed by atoms with Crippen LogP contribution in [0, 0.1) is 19.8 Å². The van der Waals surface area contributed by atoms with E-state index in [9.17, 15) is 4.79 Å². The zero-order valence-electron chi connectivity index (χ0n) is 17.8. The smallest absolute Gasteiger partial charge is 0.257 e. The lowest BCUT2D eigenvalue weighted by atomic mass is 9.94. The van der Waals surface area contributed by atoms with E-state index in [2.05, 4.69) is 56.0 Å². The zero-order valence-corrected chi connectivity index (χ0v) is 17.8. The Morgan fingerprint density at radius 2 is 1.79 bits per heavy atom. The Hall–Kier alpha value is -2.46. The van der Waals surface area contributed by atoms with Gasteiger partial charge >= 0.3 is 0 Å². The lowest BCUT2D eigenvalue weighted by Crippen LogP contribution is -2.41. The summed E-state index contributed by atoms with van der Waals surface area (Å²) in [6, 6.07) is 16.7. The molecule has 1 amide bonds. The molecular weight excluding hydrogens is 358 g/mol. The number of likely N-dealkylation sites (tertiary alicyclic amines) is 1. The highest BCUT2D eigenvalue weighted by Gasteiger charge is 2.34. The van der Waals surface area contributed by atoms with Gasteiger partial charge in [0.1, 0.15) is 0 Å². The molecule has 4 nitrogen and oxygen atoms in total. The van der Waals surface area contributed by atoms with E-state index in [-0.39, 0.29) is 11.9 Å². The van der Waals surface area contributed by atoms with Gasteiger partial charge in [-0.25, -0.2) is 5.01 Å². The molecular formula is C25H31N3O. The first-order valence-electron chi connectivity index (χ1n) is 10.8. The Kier molecular flexibility index (Phi) is 5.81. The molecule has 152 valence electrons. The van der Waals surface area contributed by atoms with Gasteiger partial charge < -0.3 is 0 Å². The average molecular weight is 390 g/mol. The minimum atomic E-state index is -0.0266. The number of rotatable bonds is 4. The quantitative estimate of drug-likeness (QED) is 0.759. The van der Waals surface area contributed by atoms with Crippen molar-refractivity contribution in [3.8, 4) is 0 Å². The summed E-state index contributed by atoms with van der Waals surface area (Å²) in [7, 11) is 0. The van der Waals surface area contributed by atoms with Crippen LogP contribution in [0.15, 0.2) is 53.6 Å². The maximum Gasteiger partial charge on any atom is 0.257 e. The van der Waals surface area contributed by atoms with Crippen LogP contribution < -0.4 is 0 Å². The second-order valence-electron chi connectivity index (χ2n) is 8.69. The lowest BCUT2D eigenvalue weighted by Gasteiger charge is -2.31. The normalized spacial score (nSPS) is 20.7. The van der Waals surface area contributed by atoms with Crippen LogP contribution in [0.3, 0.4) is 0 Å². The summed E-state index contributed by atoms with van der Waals surface area (Å²) in [5, 5.41) is 6.61. The standard InChI is InChI=1S/C25H31N3O/c1-18-11-13-27(14-12-18)17-25(29)28-24(22-15-19(2)9-10-20(22)3)16-23(26-28)21-7-5-4-6-8-21/h4-10,15,18,24H,11-14,16-17H2,1-3H3. The van der Waals surface area contributed by atoms with Crippen molar-refractivity contribution >= 4 is 11.6 Å². The van der Waals surface area contributed by atoms with Gasteiger partial charge in [0.15, 0.2) is 0 Å². The topological polar surface area (TPSA) is 35.9 Å². The third-order valence-corrected chi connectivity index (χ3v) is 6.30. The molecule has 2 aromatic rings. The van der Waals surface area contributed by atoms with Gasteiger partial charge in [-0.05, 0) is 62.4 Å². The number of piperidine rings is 1. The molecule has 0 saturated carbocycles. The summed E-state index contributed by atoms with van der Waals surface area (Å²) in [5.74, 6) is 0.870. The van der Waals surface area contributed by atoms with Gasteiger partial charge in [-0.15, -0.1) is 0 Å². The van der Waals surface area contributed by atoms with E-state index in [1.54, 1.807) is 5.01 Å². The van der Waals surface area contributed by atoms with Crippen molar-refractivity contribution in [2.75, 3.05) is 19.6 Å². The molecule has 29 heavy (non-hydrogen) atoms. The van der Waals surface area contributed by atoms with Gasteiger partial charge in [-0.1, -0.05) is 61.0 Å². The number of hydrogen-bond donors (Lipinski definition) is 0. The van der Waals surface area contributed by atoms with Crippen LogP contribution in [0.2, 0.25) is 0 Å². The third kappa shape index (κ3) is 4.43. The van der Waals surface area contributed by atoms with E-state index in [4.69, 9.17) is 5.10 Å². The van der Waals surface area contributed by atoms with Crippen LogP contribution in [0.5, 0.6) is 0 Å². The number of aryl methyl sites for hydroxylation is 2. The molecule has 4 heteroatoms. The number of amides is 1. The molecule has 2 aromatic carbocycles. The Morgan fingerprint density at radius 3 is 2.52 bits per heavy atom. The maximum atomic E-state index is 13.3. The molecule has 1 unspecified atom stereocenters. The van der Waals surface area contributed by atoms with Crippen molar-refractivity contribution in [1.29, 1.82) is 0 Å². The zero-order chi connectivity index (χ0) is 20.4. The fourth-order valence-electron chi connectivity index (χ4n) is 4.39. The second kappa shape index (κ2) is 8.50. The minimum absolute atomic E-state index is 0.0266. The number of nitrogens with zero attached hydrogens (tertiary/aromatic N) is 3. The van der Waals surface area contributed by atoms with Crippen LogP contribution in [0.4, 0.5) is 0 Å². The highest BCUT2D eigenvalue weighted by Crippen LogP contribution is 2.35. The van der Waals surface area contributed by atoms with Crippen molar-refractivity contribution < 1.29 is 4.79 Å². The first-order valence-corrected chi connectivity index (χ1v) is 10.8. The summed E-state index contributed by atoms with van der Waals surface area (Å²) in [6.07, 6.45) is 3.11. The highest BCUT2D eigenvalue weighted by molar-refractivity contribution is 6.03. The Morgan fingerprint density at radius 1 is 1.07 bits per heavy atom. The molecule has 1 atom stereocenters. The Balaban J connectivity index is 1.61. The minimum Gasteiger partial charge on any atom is -0.294 e. The van der Waals surface area contributed by atoms with E-state index in [0.29, 0.717) is 6.54 Å². The number of hydrogen-bond acceptors (Lipinski definition) is 3. The molecule has 0 radical (unpaired) electrons.